The van der Waals surface area contributed by atoms with E-state index in [9.17, 15) is 5.11 Å². The number of hydrogen-bond donors (Lipinski definition) is 1. The van der Waals surface area contributed by atoms with Crippen LogP contribution in [0.15, 0.2) is 36.5 Å². The molecule has 2 unspecified atom stereocenters. The summed E-state index contributed by atoms with van der Waals surface area (Å²) in [5.74, 6) is 0.0772. The number of rotatable bonds is 2. The molecule has 1 aromatic carbocycles. The van der Waals surface area contributed by atoms with Crippen molar-refractivity contribution in [2.75, 3.05) is 0 Å². The molecular formula is C16H16ClNO. The van der Waals surface area contributed by atoms with Crippen molar-refractivity contribution in [2.45, 2.75) is 31.8 Å². The molecule has 0 bridgehead atoms. The average Bonchev–Trinajstić information content (AvgIpc) is 2.85. The molecule has 1 aliphatic rings. The van der Waals surface area contributed by atoms with E-state index in [1.54, 1.807) is 6.20 Å². The standard InChI is InChI=1S/C16H16ClNO/c1-10-12(5-2-6-14(10)17)16(19)13-8-7-11-4-3-9-18-15(11)13/h2-6,9,13,16,19H,7-8H2,1H3. The van der Waals surface area contributed by atoms with E-state index in [1.165, 1.54) is 5.56 Å². The van der Waals surface area contributed by atoms with Crippen LogP contribution in [0, 0.1) is 6.92 Å². The van der Waals surface area contributed by atoms with Crippen LogP contribution >= 0.6 is 11.6 Å². The van der Waals surface area contributed by atoms with Gasteiger partial charge in [-0.3, -0.25) is 4.98 Å². The number of aryl methyl sites for hydroxylation is 1. The van der Waals surface area contributed by atoms with Gasteiger partial charge in [0.05, 0.1) is 6.10 Å². The van der Waals surface area contributed by atoms with Crippen LogP contribution in [0.4, 0.5) is 0 Å². The number of aromatic nitrogens is 1. The fourth-order valence-electron chi connectivity index (χ4n) is 2.91. The molecule has 19 heavy (non-hydrogen) atoms. The lowest BCUT2D eigenvalue weighted by Gasteiger charge is -2.21. The van der Waals surface area contributed by atoms with Crippen molar-refractivity contribution in [3.05, 3.63) is 63.9 Å². The summed E-state index contributed by atoms with van der Waals surface area (Å²) in [6.45, 7) is 1.95. The highest BCUT2D eigenvalue weighted by molar-refractivity contribution is 6.31. The minimum atomic E-state index is -0.533. The van der Waals surface area contributed by atoms with E-state index in [0.717, 1.165) is 29.7 Å². The van der Waals surface area contributed by atoms with Gasteiger partial charge in [-0.25, -0.2) is 0 Å². The van der Waals surface area contributed by atoms with E-state index in [-0.39, 0.29) is 5.92 Å². The average molecular weight is 274 g/mol. The molecule has 0 saturated heterocycles. The number of nitrogens with zero attached hydrogens (tertiary/aromatic N) is 1. The summed E-state index contributed by atoms with van der Waals surface area (Å²) in [7, 11) is 0. The zero-order valence-electron chi connectivity index (χ0n) is 10.8. The Bertz CT molecular complexity index is 611. The quantitative estimate of drug-likeness (QED) is 0.903. The van der Waals surface area contributed by atoms with Crippen molar-refractivity contribution in [1.29, 1.82) is 0 Å². The molecule has 1 heterocycles. The van der Waals surface area contributed by atoms with Gasteiger partial charge in [-0.15, -0.1) is 0 Å². The monoisotopic (exact) mass is 273 g/mol. The van der Waals surface area contributed by atoms with Gasteiger partial charge < -0.3 is 5.11 Å². The first-order valence-electron chi connectivity index (χ1n) is 6.55. The predicted molar refractivity (Wildman–Crippen MR) is 76.4 cm³/mol. The molecule has 3 heteroatoms. The van der Waals surface area contributed by atoms with Gasteiger partial charge in [0.25, 0.3) is 0 Å². The smallest absolute Gasteiger partial charge is 0.0876 e. The summed E-state index contributed by atoms with van der Waals surface area (Å²) in [4.78, 5) is 4.45. The van der Waals surface area contributed by atoms with E-state index in [2.05, 4.69) is 11.1 Å². The molecule has 1 N–H and O–H groups in total. The van der Waals surface area contributed by atoms with E-state index >= 15 is 0 Å². The van der Waals surface area contributed by atoms with E-state index in [0.29, 0.717) is 5.02 Å². The summed E-state index contributed by atoms with van der Waals surface area (Å²) >= 11 is 6.14. The number of fused-ring (bicyclic) bond motifs is 1. The Morgan fingerprint density at radius 3 is 3.00 bits per heavy atom. The summed E-state index contributed by atoms with van der Waals surface area (Å²) in [6.07, 6.45) is 3.20. The fourth-order valence-corrected chi connectivity index (χ4v) is 3.09. The summed E-state index contributed by atoms with van der Waals surface area (Å²) < 4.78 is 0. The van der Waals surface area contributed by atoms with Crippen molar-refractivity contribution in [1.82, 2.24) is 4.98 Å². The third-order valence-electron chi connectivity index (χ3n) is 4.01. The predicted octanol–water partition coefficient (Wildman–Crippen LogP) is 3.81. The van der Waals surface area contributed by atoms with Crippen molar-refractivity contribution >= 4 is 11.6 Å². The molecule has 0 aliphatic heterocycles. The topological polar surface area (TPSA) is 33.1 Å². The molecule has 2 nitrogen and oxygen atoms in total. The molecule has 1 aliphatic carbocycles. The zero-order chi connectivity index (χ0) is 13.4. The molecule has 2 atom stereocenters. The SMILES string of the molecule is Cc1c(Cl)cccc1C(O)C1CCc2cccnc21. The Hall–Kier alpha value is -1.38. The van der Waals surface area contributed by atoms with Gasteiger partial charge in [0, 0.05) is 22.8 Å². The minimum Gasteiger partial charge on any atom is -0.388 e. The van der Waals surface area contributed by atoms with Gasteiger partial charge in [-0.05, 0) is 48.6 Å². The Kier molecular flexibility index (Phi) is 3.29. The Morgan fingerprint density at radius 2 is 2.16 bits per heavy atom. The maximum Gasteiger partial charge on any atom is 0.0876 e. The Morgan fingerprint density at radius 1 is 1.32 bits per heavy atom. The second-order valence-corrected chi connectivity index (χ2v) is 5.50. The normalized spacial score (nSPS) is 19.2. The molecule has 2 aromatic rings. The molecule has 0 fully saturated rings. The number of hydrogen-bond acceptors (Lipinski definition) is 2. The number of aliphatic hydroxyl groups excluding tert-OH is 1. The summed E-state index contributed by atoms with van der Waals surface area (Å²) in [5.41, 5.74) is 4.16. The van der Waals surface area contributed by atoms with E-state index in [4.69, 9.17) is 11.6 Å². The first-order chi connectivity index (χ1) is 9.18. The second-order valence-electron chi connectivity index (χ2n) is 5.09. The number of pyridine rings is 1. The van der Waals surface area contributed by atoms with Crippen LogP contribution in [-0.2, 0) is 6.42 Å². The highest BCUT2D eigenvalue weighted by Gasteiger charge is 2.31. The van der Waals surface area contributed by atoms with Gasteiger partial charge >= 0.3 is 0 Å². The van der Waals surface area contributed by atoms with Crippen LogP contribution in [-0.4, -0.2) is 10.1 Å². The zero-order valence-corrected chi connectivity index (χ0v) is 11.6. The van der Waals surface area contributed by atoms with Gasteiger partial charge in [-0.2, -0.15) is 0 Å². The molecule has 0 radical (unpaired) electrons. The minimum absolute atomic E-state index is 0.0772. The lowest BCUT2D eigenvalue weighted by molar-refractivity contribution is 0.142. The molecule has 0 amide bonds. The van der Waals surface area contributed by atoms with Gasteiger partial charge in [0.2, 0.25) is 0 Å². The van der Waals surface area contributed by atoms with Crippen molar-refractivity contribution < 1.29 is 5.11 Å². The number of aliphatic hydroxyl groups is 1. The van der Waals surface area contributed by atoms with E-state index < -0.39 is 6.10 Å². The van der Waals surface area contributed by atoms with Crippen molar-refractivity contribution in [3.8, 4) is 0 Å². The maximum atomic E-state index is 10.7. The fraction of sp³-hybridized carbons (Fsp3) is 0.312. The molecule has 3 rings (SSSR count). The summed E-state index contributed by atoms with van der Waals surface area (Å²) in [6, 6.07) is 9.75. The highest BCUT2D eigenvalue weighted by Crippen LogP contribution is 2.41. The molecule has 0 saturated carbocycles. The van der Waals surface area contributed by atoms with Crippen LogP contribution in [0.25, 0.3) is 0 Å². The first kappa shape index (κ1) is 12.6. The summed E-state index contributed by atoms with van der Waals surface area (Å²) in [5, 5.41) is 11.4. The maximum absolute atomic E-state index is 10.7. The van der Waals surface area contributed by atoms with Crippen LogP contribution < -0.4 is 0 Å². The van der Waals surface area contributed by atoms with Gasteiger partial charge in [0.1, 0.15) is 0 Å². The molecule has 98 valence electrons. The lowest BCUT2D eigenvalue weighted by atomic mass is 9.91. The molecule has 1 aromatic heterocycles. The highest BCUT2D eigenvalue weighted by atomic mass is 35.5. The molecular weight excluding hydrogens is 258 g/mol. The third-order valence-corrected chi connectivity index (χ3v) is 4.42. The largest absolute Gasteiger partial charge is 0.388 e. The van der Waals surface area contributed by atoms with Gasteiger partial charge in [-0.1, -0.05) is 29.8 Å². The Labute approximate surface area is 118 Å². The Balaban J connectivity index is 1.98. The van der Waals surface area contributed by atoms with Crippen molar-refractivity contribution in [3.63, 3.8) is 0 Å². The molecule has 0 spiro atoms. The number of halogens is 1. The van der Waals surface area contributed by atoms with Crippen LogP contribution in [0.5, 0.6) is 0 Å². The number of benzene rings is 1. The van der Waals surface area contributed by atoms with Crippen molar-refractivity contribution in [2.24, 2.45) is 0 Å². The first-order valence-corrected chi connectivity index (χ1v) is 6.93. The third kappa shape index (κ3) is 2.15. The van der Waals surface area contributed by atoms with Crippen LogP contribution in [0.2, 0.25) is 5.02 Å². The van der Waals surface area contributed by atoms with Gasteiger partial charge in [0.15, 0.2) is 0 Å². The van der Waals surface area contributed by atoms with Crippen LogP contribution in [0.1, 0.15) is 40.8 Å². The second kappa shape index (κ2) is 4.95. The van der Waals surface area contributed by atoms with Crippen LogP contribution in [0.3, 0.4) is 0 Å². The lowest BCUT2D eigenvalue weighted by Crippen LogP contribution is -2.11. The van der Waals surface area contributed by atoms with E-state index in [1.807, 2.05) is 31.2 Å².